The van der Waals surface area contributed by atoms with Crippen molar-refractivity contribution in [2.45, 2.75) is 95.7 Å². The summed E-state index contributed by atoms with van der Waals surface area (Å²) in [4.78, 5) is 27.8. The van der Waals surface area contributed by atoms with E-state index in [1.165, 1.54) is 50.8 Å². The van der Waals surface area contributed by atoms with E-state index in [0.29, 0.717) is 6.42 Å². The van der Waals surface area contributed by atoms with Crippen LogP contribution >= 0.6 is 0 Å². The number of hydrogen-bond donors (Lipinski definition) is 3. The van der Waals surface area contributed by atoms with Gasteiger partial charge in [-0.15, -0.1) is 0 Å². The zero-order valence-electron chi connectivity index (χ0n) is 17.7. The maximum atomic E-state index is 12.2. The smallest absolute Gasteiger partial charge is 0.351 e. The highest BCUT2D eigenvalue weighted by molar-refractivity contribution is 5.69. The minimum atomic E-state index is -1.31. The Morgan fingerprint density at radius 2 is 1.83 bits per heavy atom. The zero-order valence-corrected chi connectivity index (χ0v) is 17.7. The molecule has 2 rings (SSSR count). The van der Waals surface area contributed by atoms with Crippen LogP contribution in [0.1, 0.15) is 77.4 Å². The van der Waals surface area contributed by atoms with E-state index in [9.17, 15) is 19.8 Å². The molecule has 0 radical (unpaired) electrons. The second-order valence-corrected chi connectivity index (χ2v) is 7.81. The molecular formula is C21H35N3O6. The largest absolute Gasteiger partial charge is 0.457 e. The van der Waals surface area contributed by atoms with E-state index in [1.807, 2.05) is 0 Å². The van der Waals surface area contributed by atoms with Gasteiger partial charge in [0.15, 0.2) is 12.3 Å². The third-order valence-corrected chi connectivity index (χ3v) is 5.37. The summed E-state index contributed by atoms with van der Waals surface area (Å²) in [7, 11) is 0. The molecule has 170 valence electrons. The van der Waals surface area contributed by atoms with Crippen molar-refractivity contribution >= 4 is 11.8 Å². The molecule has 4 N–H and O–H groups in total. The lowest BCUT2D eigenvalue weighted by Gasteiger charge is -2.20. The van der Waals surface area contributed by atoms with Crippen LogP contribution in [0.25, 0.3) is 0 Å². The van der Waals surface area contributed by atoms with Crippen molar-refractivity contribution in [2.75, 3.05) is 12.3 Å². The van der Waals surface area contributed by atoms with E-state index in [0.717, 1.165) is 17.4 Å². The third-order valence-electron chi connectivity index (χ3n) is 5.37. The van der Waals surface area contributed by atoms with Crippen molar-refractivity contribution in [3.8, 4) is 0 Å². The molecule has 0 saturated carbocycles. The lowest BCUT2D eigenvalue weighted by molar-refractivity contribution is -0.156. The Kier molecular flexibility index (Phi) is 10.3. The SMILES string of the molecule is CCCCCCCCCCCC(=O)O[C@H]1[C@H](O)[C@H](n2ccc(N)nc2=O)O[C@@H]1CO. The van der Waals surface area contributed by atoms with Gasteiger partial charge in [0.1, 0.15) is 18.0 Å². The topological polar surface area (TPSA) is 137 Å². The van der Waals surface area contributed by atoms with Crippen LogP contribution in [0.2, 0.25) is 0 Å². The lowest BCUT2D eigenvalue weighted by atomic mass is 10.1. The van der Waals surface area contributed by atoms with E-state index in [1.54, 1.807) is 0 Å². The second-order valence-electron chi connectivity index (χ2n) is 7.81. The highest BCUT2D eigenvalue weighted by Crippen LogP contribution is 2.30. The standard InChI is InChI=1S/C21H35N3O6/c1-2-3-4-5-6-7-8-9-10-11-17(26)30-19-15(14-25)29-20(18(19)27)24-13-12-16(22)23-21(24)28/h12-13,15,18-20,25,27H,2-11,14H2,1H3,(H2,22,23,28)/t15-,18+,19-,20-/m1/s1. The van der Waals surface area contributed by atoms with Gasteiger partial charge < -0.3 is 25.4 Å². The van der Waals surface area contributed by atoms with Gasteiger partial charge in [0, 0.05) is 12.6 Å². The van der Waals surface area contributed by atoms with Crippen molar-refractivity contribution in [1.29, 1.82) is 0 Å². The molecule has 0 unspecified atom stereocenters. The lowest BCUT2D eigenvalue weighted by Crippen LogP contribution is -2.39. The number of carbonyl (C=O) groups excluding carboxylic acids is 1. The van der Waals surface area contributed by atoms with Crippen molar-refractivity contribution < 1.29 is 24.5 Å². The summed E-state index contributed by atoms with van der Waals surface area (Å²) >= 11 is 0. The molecule has 1 aliphatic heterocycles. The van der Waals surface area contributed by atoms with Gasteiger partial charge in [-0.1, -0.05) is 58.3 Å². The number of esters is 1. The van der Waals surface area contributed by atoms with Crippen LogP contribution in [-0.2, 0) is 14.3 Å². The van der Waals surface area contributed by atoms with Crippen molar-refractivity contribution in [3.05, 3.63) is 22.7 Å². The molecule has 9 heteroatoms. The van der Waals surface area contributed by atoms with E-state index >= 15 is 0 Å². The van der Waals surface area contributed by atoms with Crippen molar-refractivity contribution in [2.24, 2.45) is 0 Å². The van der Waals surface area contributed by atoms with E-state index in [4.69, 9.17) is 15.2 Å². The molecule has 1 fully saturated rings. The average molecular weight is 426 g/mol. The van der Waals surface area contributed by atoms with E-state index in [-0.39, 0.29) is 12.2 Å². The zero-order chi connectivity index (χ0) is 21.9. The molecule has 0 aliphatic carbocycles. The molecular weight excluding hydrogens is 390 g/mol. The number of aromatic nitrogens is 2. The summed E-state index contributed by atoms with van der Waals surface area (Å²) in [5, 5.41) is 20.1. The number of nitrogens with two attached hydrogens (primary N) is 1. The van der Waals surface area contributed by atoms with Gasteiger partial charge in [-0.25, -0.2) is 4.79 Å². The molecule has 0 bridgehead atoms. The number of aliphatic hydroxyl groups is 2. The Balaban J connectivity index is 1.76. The molecule has 1 aromatic rings. The molecule has 2 heterocycles. The van der Waals surface area contributed by atoms with Gasteiger partial charge >= 0.3 is 11.7 Å². The van der Waals surface area contributed by atoms with Gasteiger partial charge in [-0.05, 0) is 12.5 Å². The molecule has 0 aromatic carbocycles. The monoisotopic (exact) mass is 425 g/mol. The highest BCUT2D eigenvalue weighted by atomic mass is 16.6. The predicted octanol–water partition coefficient (Wildman–Crippen LogP) is 1.91. The van der Waals surface area contributed by atoms with Crippen LogP contribution in [0.15, 0.2) is 17.1 Å². The molecule has 0 amide bonds. The Hall–Kier alpha value is -1.97. The Morgan fingerprint density at radius 1 is 1.20 bits per heavy atom. The first-order valence-electron chi connectivity index (χ1n) is 11.0. The van der Waals surface area contributed by atoms with Crippen LogP contribution in [0.5, 0.6) is 0 Å². The van der Waals surface area contributed by atoms with Crippen LogP contribution in [0.3, 0.4) is 0 Å². The maximum Gasteiger partial charge on any atom is 0.351 e. The molecule has 9 nitrogen and oxygen atoms in total. The Bertz CT molecular complexity index is 710. The fraction of sp³-hybridized carbons (Fsp3) is 0.762. The number of nitrogen functional groups attached to an aromatic ring is 1. The molecule has 1 aromatic heterocycles. The molecule has 0 spiro atoms. The maximum absolute atomic E-state index is 12.2. The van der Waals surface area contributed by atoms with E-state index in [2.05, 4.69) is 11.9 Å². The summed E-state index contributed by atoms with van der Waals surface area (Å²) in [6, 6.07) is 1.40. The normalized spacial score (nSPS) is 23.6. The van der Waals surface area contributed by atoms with Crippen LogP contribution in [-0.4, -0.2) is 50.7 Å². The number of rotatable bonds is 13. The van der Waals surface area contributed by atoms with Crippen molar-refractivity contribution in [1.82, 2.24) is 9.55 Å². The molecule has 30 heavy (non-hydrogen) atoms. The quantitative estimate of drug-likeness (QED) is 0.322. The fourth-order valence-electron chi connectivity index (χ4n) is 3.65. The number of aliphatic hydroxyl groups excluding tert-OH is 2. The van der Waals surface area contributed by atoms with Crippen LogP contribution < -0.4 is 11.4 Å². The average Bonchev–Trinajstić information content (AvgIpc) is 3.02. The first-order valence-corrected chi connectivity index (χ1v) is 11.0. The first kappa shape index (κ1) is 24.3. The van der Waals surface area contributed by atoms with Gasteiger partial charge in [-0.3, -0.25) is 9.36 Å². The Labute approximate surface area is 177 Å². The number of unbranched alkanes of at least 4 members (excludes halogenated alkanes) is 8. The molecule has 4 atom stereocenters. The predicted molar refractivity (Wildman–Crippen MR) is 112 cm³/mol. The first-order chi connectivity index (χ1) is 14.5. The van der Waals surface area contributed by atoms with Gasteiger partial charge in [0.25, 0.3) is 0 Å². The number of anilines is 1. The van der Waals surface area contributed by atoms with Crippen LogP contribution in [0.4, 0.5) is 5.82 Å². The van der Waals surface area contributed by atoms with Gasteiger partial charge in [0.2, 0.25) is 0 Å². The third kappa shape index (κ3) is 7.07. The summed E-state index contributed by atoms with van der Waals surface area (Å²) in [5.41, 5.74) is 4.78. The molecule has 1 saturated heterocycles. The molecule has 1 aliphatic rings. The number of hydrogen-bond acceptors (Lipinski definition) is 8. The fourth-order valence-corrected chi connectivity index (χ4v) is 3.65. The summed E-state index contributed by atoms with van der Waals surface area (Å²) < 4.78 is 12.0. The number of ether oxygens (including phenoxy) is 2. The minimum absolute atomic E-state index is 0.0476. The summed E-state index contributed by atoms with van der Waals surface area (Å²) in [6.45, 7) is 1.74. The van der Waals surface area contributed by atoms with Crippen LogP contribution in [0, 0.1) is 0 Å². The number of nitrogens with zero attached hydrogens (tertiary/aromatic N) is 2. The second kappa shape index (κ2) is 12.7. The minimum Gasteiger partial charge on any atom is -0.457 e. The summed E-state index contributed by atoms with van der Waals surface area (Å²) in [5.74, 6) is -0.404. The van der Waals surface area contributed by atoms with E-state index < -0.39 is 42.8 Å². The summed E-state index contributed by atoms with van der Waals surface area (Å²) in [6.07, 6.45) is 7.43. The van der Waals surface area contributed by atoms with Gasteiger partial charge in [-0.2, -0.15) is 4.98 Å². The van der Waals surface area contributed by atoms with Gasteiger partial charge in [0.05, 0.1) is 6.61 Å². The highest BCUT2D eigenvalue weighted by Gasteiger charge is 2.47. The Morgan fingerprint density at radius 3 is 2.43 bits per heavy atom. The van der Waals surface area contributed by atoms with Crippen molar-refractivity contribution in [3.63, 3.8) is 0 Å². The number of carbonyl (C=O) groups is 1.